The molecule has 2 aliphatic rings. The van der Waals surface area contributed by atoms with E-state index in [2.05, 4.69) is 24.5 Å². The molecular weight excluding hydrogens is 684 g/mol. The number of phenolic OH excluding ortho intramolecular Hbond substituents is 1. The summed E-state index contributed by atoms with van der Waals surface area (Å²) in [5.74, 6) is -1.75. The summed E-state index contributed by atoms with van der Waals surface area (Å²) >= 11 is 0. The number of para-hydroxylation sites is 1. The average molecular weight is 739 g/mol. The zero-order valence-corrected chi connectivity index (χ0v) is 31.4. The Bertz CT molecular complexity index is 1780. The Balaban J connectivity index is 1.33. The van der Waals surface area contributed by atoms with Gasteiger partial charge in [0.2, 0.25) is 5.91 Å². The normalized spacial score (nSPS) is 18.9. The van der Waals surface area contributed by atoms with Crippen LogP contribution in [-0.2, 0) is 32.0 Å². The number of ether oxygens (including phenoxy) is 3. The van der Waals surface area contributed by atoms with Gasteiger partial charge in [-0.2, -0.15) is 0 Å². The fraction of sp³-hybridized carbons (Fsp3) is 0.432. The molecule has 0 saturated carbocycles. The minimum Gasteiger partial charge on any atom is -0.508 e. The molecule has 0 radical (unpaired) electrons. The van der Waals surface area contributed by atoms with E-state index in [0.29, 0.717) is 36.0 Å². The van der Waals surface area contributed by atoms with Crippen molar-refractivity contribution in [2.45, 2.75) is 109 Å². The van der Waals surface area contributed by atoms with E-state index < -0.39 is 30.1 Å². The van der Waals surface area contributed by atoms with Crippen LogP contribution in [0.15, 0.2) is 90.5 Å². The molecule has 0 aromatic heterocycles. The van der Waals surface area contributed by atoms with E-state index in [4.69, 9.17) is 19.3 Å². The summed E-state index contributed by atoms with van der Waals surface area (Å²) in [6.45, 7) is 4.48. The number of hydrogen-bond donors (Lipinski definition) is 4. The minimum atomic E-state index is -0.832. The summed E-state index contributed by atoms with van der Waals surface area (Å²) in [5.41, 5.74) is 3.58. The monoisotopic (exact) mass is 738 g/mol. The highest BCUT2D eigenvalue weighted by Crippen LogP contribution is 2.43. The SMILES string of the molecule is CCCCCC1(CCCCC)OC2C=C(C(=O)NCc3cccc(C(=O)NCCO)c3)CC(OC(=O)c3cccc(C=CCc4ccccc4O)c3)C2O1. The quantitative estimate of drug-likeness (QED) is 0.0749. The standard InChI is InChI=1S/C44H54N2O8/c1-3-5-9-22-44(23-10-6-4-2)53-39-29-36(42(50)46-30-32-16-13-19-34(27-32)41(49)45-24-25-47)28-38(40(39)54-44)52-43(51)35-20-12-15-31(26-35)14-11-18-33-17-7-8-21-37(33)48/h7-8,11-17,19-21,26-27,29,38-40,47-48H,3-6,9-10,18,22-25,28,30H2,1-2H3,(H,45,49)(H,46,50). The number of aliphatic hydroxyl groups excluding tert-OH is 1. The van der Waals surface area contributed by atoms with E-state index in [1.165, 1.54) is 0 Å². The third kappa shape index (κ3) is 11.1. The molecule has 4 N–H and O–H groups in total. The van der Waals surface area contributed by atoms with Crippen LogP contribution in [0.1, 0.15) is 109 Å². The summed E-state index contributed by atoms with van der Waals surface area (Å²) < 4.78 is 19.7. The Morgan fingerprint density at radius 1 is 0.870 bits per heavy atom. The van der Waals surface area contributed by atoms with Crippen molar-refractivity contribution in [2.75, 3.05) is 13.2 Å². The summed E-state index contributed by atoms with van der Waals surface area (Å²) in [4.78, 5) is 39.9. The number of aromatic hydroxyl groups is 1. The van der Waals surface area contributed by atoms with Crippen molar-refractivity contribution in [3.8, 4) is 5.75 Å². The Labute approximate surface area is 318 Å². The van der Waals surface area contributed by atoms with Crippen LogP contribution in [0.25, 0.3) is 6.08 Å². The zero-order chi connectivity index (χ0) is 38.3. The molecule has 0 spiro atoms. The maximum atomic E-state index is 13.8. The molecule has 3 aromatic carbocycles. The number of hydrogen-bond acceptors (Lipinski definition) is 8. The van der Waals surface area contributed by atoms with Crippen molar-refractivity contribution in [3.05, 3.63) is 118 Å². The molecular formula is C44H54N2O8. The first-order chi connectivity index (χ1) is 26.2. The van der Waals surface area contributed by atoms with Gasteiger partial charge >= 0.3 is 5.97 Å². The zero-order valence-electron chi connectivity index (χ0n) is 31.4. The van der Waals surface area contributed by atoms with Crippen molar-refractivity contribution in [2.24, 2.45) is 0 Å². The Morgan fingerprint density at radius 2 is 1.61 bits per heavy atom. The van der Waals surface area contributed by atoms with Crippen molar-refractivity contribution < 1.29 is 38.8 Å². The third-order valence-electron chi connectivity index (χ3n) is 9.85. The van der Waals surface area contributed by atoms with Gasteiger partial charge in [-0.15, -0.1) is 0 Å². The number of nitrogens with one attached hydrogen (secondary N) is 2. The molecule has 288 valence electrons. The molecule has 2 amide bonds. The van der Waals surface area contributed by atoms with Gasteiger partial charge < -0.3 is 35.1 Å². The average Bonchev–Trinajstić information content (AvgIpc) is 3.56. The van der Waals surface area contributed by atoms with Crippen LogP contribution < -0.4 is 10.6 Å². The number of aliphatic hydroxyl groups is 1. The molecule has 0 bridgehead atoms. The second kappa shape index (κ2) is 20.1. The predicted molar refractivity (Wildman–Crippen MR) is 208 cm³/mol. The molecule has 3 atom stereocenters. The van der Waals surface area contributed by atoms with Crippen molar-refractivity contribution in [1.82, 2.24) is 10.6 Å². The van der Waals surface area contributed by atoms with Crippen LogP contribution in [0.2, 0.25) is 0 Å². The van der Waals surface area contributed by atoms with Crippen LogP contribution >= 0.6 is 0 Å². The second-order valence-electron chi connectivity index (χ2n) is 14.1. The van der Waals surface area contributed by atoms with Gasteiger partial charge in [-0.25, -0.2) is 4.79 Å². The van der Waals surface area contributed by atoms with E-state index in [1.807, 2.05) is 42.5 Å². The van der Waals surface area contributed by atoms with Gasteiger partial charge in [0.15, 0.2) is 5.79 Å². The number of amides is 2. The first-order valence-corrected chi connectivity index (χ1v) is 19.3. The maximum absolute atomic E-state index is 13.8. The molecule has 1 aliphatic heterocycles. The highest BCUT2D eigenvalue weighted by atomic mass is 16.8. The van der Waals surface area contributed by atoms with Gasteiger partial charge in [-0.1, -0.05) is 94.1 Å². The molecule has 1 heterocycles. The largest absolute Gasteiger partial charge is 0.508 e. The van der Waals surface area contributed by atoms with Gasteiger partial charge in [-0.3, -0.25) is 9.59 Å². The smallest absolute Gasteiger partial charge is 0.338 e. The summed E-state index contributed by atoms with van der Waals surface area (Å²) in [5, 5.41) is 24.8. The van der Waals surface area contributed by atoms with Gasteiger partial charge in [0.05, 0.1) is 12.2 Å². The van der Waals surface area contributed by atoms with Crippen LogP contribution in [0.4, 0.5) is 0 Å². The Morgan fingerprint density at radius 3 is 2.35 bits per heavy atom. The molecule has 1 fully saturated rings. The number of unbranched alkanes of at least 4 members (excludes halogenated alkanes) is 4. The first-order valence-electron chi connectivity index (χ1n) is 19.3. The number of esters is 1. The van der Waals surface area contributed by atoms with Gasteiger partial charge in [0, 0.05) is 43.5 Å². The van der Waals surface area contributed by atoms with Crippen LogP contribution in [0.5, 0.6) is 5.75 Å². The first kappa shape index (κ1) is 40.4. The molecule has 3 unspecified atom stereocenters. The summed E-state index contributed by atoms with van der Waals surface area (Å²) in [6, 6.07) is 21.3. The van der Waals surface area contributed by atoms with Crippen LogP contribution in [-0.4, -0.2) is 65.2 Å². The lowest BCUT2D eigenvalue weighted by Crippen LogP contribution is -2.43. The highest BCUT2D eigenvalue weighted by Gasteiger charge is 2.52. The van der Waals surface area contributed by atoms with Gasteiger partial charge in [0.1, 0.15) is 24.1 Å². The number of rotatable bonds is 19. The number of carbonyl (C=O) groups is 3. The lowest BCUT2D eigenvalue weighted by atomic mass is 9.91. The van der Waals surface area contributed by atoms with Crippen molar-refractivity contribution in [1.29, 1.82) is 0 Å². The molecule has 54 heavy (non-hydrogen) atoms. The number of carbonyl (C=O) groups excluding carboxylic acids is 3. The van der Waals surface area contributed by atoms with Crippen molar-refractivity contribution >= 4 is 23.9 Å². The van der Waals surface area contributed by atoms with Crippen LogP contribution in [0.3, 0.4) is 0 Å². The summed E-state index contributed by atoms with van der Waals surface area (Å²) in [7, 11) is 0. The topological polar surface area (TPSA) is 143 Å². The third-order valence-corrected chi connectivity index (χ3v) is 9.85. The second-order valence-corrected chi connectivity index (χ2v) is 14.1. The molecule has 1 saturated heterocycles. The van der Waals surface area contributed by atoms with E-state index in [9.17, 15) is 19.5 Å². The molecule has 5 rings (SSSR count). The fourth-order valence-electron chi connectivity index (χ4n) is 6.97. The number of allylic oxidation sites excluding steroid dienone is 1. The van der Waals surface area contributed by atoms with Crippen molar-refractivity contribution in [3.63, 3.8) is 0 Å². The maximum Gasteiger partial charge on any atom is 0.338 e. The van der Waals surface area contributed by atoms with Gasteiger partial charge in [-0.05, 0) is 72.4 Å². The lowest BCUT2D eigenvalue weighted by Gasteiger charge is -2.31. The van der Waals surface area contributed by atoms with E-state index in [0.717, 1.165) is 55.2 Å². The number of benzene rings is 3. The van der Waals surface area contributed by atoms with E-state index >= 15 is 0 Å². The summed E-state index contributed by atoms with van der Waals surface area (Å²) in [6.07, 6.45) is 11.9. The van der Waals surface area contributed by atoms with E-state index in [1.54, 1.807) is 48.5 Å². The van der Waals surface area contributed by atoms with Gasteiger partial charge in [0.25, 0.3) is 5.91 Å². The lowest BCUT2D eigenvalue weighted by molar-refractivity contribution is -0.190. The number of phenols is 1. The number of fused-ring (bicyclic) bond motifs is 1. The van der Waals surface area contributed by atoms with Crippen LogP contribution in [0, 0.1) is 0 Å². The molecule has 3 aromatic rings. The molecule has 10 heteroatoms. The minimum absolute atomic E-state index is 0.145. The Hall–Kier alpha value is -4.77. The molecule has 10 nitrogen and oxygen atoms in total. The highest BCUT2D eigenvalue weighted by molar-refractivity contribution is 5.95. The van der Waals surface area contributed by atoms with E-state index in [-0.39, 0.29) is 43.7 Å². The Kier molecular flexibility index (Phi) is 15.0. The fourth-order valence-corrected chi connectivity index (χ4v) is 6.97. The predicted octanol–water partition coefficient (Wildman–Crippen LogP) is 7.18. The molecule has 1 aliphatic carbocycles.